The number of hydrogen-bond acceptors (Lipinski definition) is 3. The molecule has 0 aliphatic rings. The van der Waals surface area contributed by atoms with Crippen molar-refractivity contribution in [1.29, 1.82) is 0 Å². The number of rotatable bonds is 4. The van der Waals surface area contributed by atoms with E-state index in [1.807, 2.05) is 45.0 Å². The lowest BCUT2D eigenvalue weighted by Gasteiger charge is -2.10. The average molecular weight is 337 g/mol. The molecule has 0 aliphatic heterocycles. The summed E-state index contributed by atoms with van der Waals surface area (Å²) in [4.78, 5) is 19.1. The Morgan fingerprint density at radius 2 is 1.95 bits per heavy atom. The number of ether oxygens (including phenoxy) is 1. The van der Waals surface area contributed by atoms with Crippen LogP contribution in [0.4, 0.5) is 0 Å². The van der Waals surface area contributed by atoms with Gasteiger partial charge in [-0.05, 0) is 60.5 Å². The molecule has 0 spiro atoms. The second kappa shape index (κ2) is 6.22. The summed E-state index contributed by atoms with van der Waals surface area (Å²) in [5.41, 5.74) is 1.46. The first-order chi connectivity index (χ1) is 9.51. The molecule has 0 bridgehead atoms. The van der Waals surface area contributed by atoms with Gasteiger partial charge in [0.15, 0.2) is 0 Å². The van der Waals surface area contributed by atoms with E-state index < -0.39 is 0 Å². The molecule has 1 aromatic heterocycles. The molecule has 106 valence electrons. The molecule has 0 atom stereocenters. The molecule has 20 heavy (non-hydrogen) atoms. The molecule has 0 fully saturated rings. The Labute approximate surface area is 126 Å². The summed E-state index contributed by atoms with van der Waals surface area (Å²) in [5, 5.41) is 0. The molecule has 0 unspecified atom stereocenters. The van der Waals surface area contributed by atoms with Gasteiger partial charge in [-0.15, -0.1) is 0 Å². The highest BCUT2D eigenvalue weighted by atomic mass is 79.9. The lowest BCUT2D eigenvalue weighted by molar-refractivity contribution is 0.242. The third-order valence-electron chi connectivity index (χ3n) is 2.77. The zero-order chi connectivity index (χ0) is 14.7. The molecule has 4 nitrogen and oxygen atoms in total. The van der Waals surface area contributed by atoms with E-state index in [1.165, 1.54) is 0 Å². The molecule has 5 heteroatoms. The van der Waals surface area contributed by atoms with Gasteiger partial charge in [-0.2, -0.15) is 0 Å². The summed E-state index contributed by atoms with van der Waals surface area (Å²) >= 11 is 3.26. The van der Waals surface area contributed by atoms with Crippen LogP contribution in [0.1, 0.15) is 26.5 Å². The normalized spacial score (nSPS) is 10.8. The van der Waals surface area contributed by atoms with Gasteiger partial charge in [-0.3, -0.25) is 4.79 Å². The first-order valence-corrected chi connectivity index (χ1v) is 7.36. The molecule has 0 saturated carbocycles. The average Bonchev–Trinajstić information content (AvgIpc) is 2.42. The van der Waals surface area contributed by atoms with Crippen molar-refractivity contribution in [1.82, 2.24) is 9.97 Å². The van der Waals surface area contributed by atoms with Crippen LogP contribution in [0.2, 0.25) is 0 Å². The van der Waals surface area contributed by atoms with Crippen molar-refractivity contribution in [3.8, 4) is 17.1 Å². The second-order valence-electron chi connectivity index (χ2n) is 4.72. The fourth-order valence-corrected chi connectivity index (χ4v) is 2.31. The largest absolute Gasteiger partial charge is 0.491 e. The number of H-pyrrole nitrogens is 1. The minimum Gasteiger partial charge on any atom is -0.491 e. The van der Waals surface area contributed by atoms with Crippen LogP contribution in [0.15, 0.2) is 33.5 Å². The minimum atomic E-state index is -0.158. The fraction of sp³-hybridized carbons (Fsp3) is 0.333. The Balaban J connectivity index is 2.37. The van der Waals surface area contributed by atoms with Crippen LogP contribution in [0.3, 0.4) is 0 Å². The van der Waals surface area contributed by atoms with E-state index >= 15 is 0 Å². The predicted molar refractivity (Wildman–Crippen MR) is 83.1 cm³/mol. The maximum atomic E-state index is 11.8. The zero-order valence-electron chi connectivity index (χ0n) is 11.7. The molecule has 1 heterocycles. The van der Waals surface area contributed by atoms with Crippen molar-refractivity contribution in [2.45, 2.75) is 33.3 Å². The third-order valence-corrected chi connectivity index (χ3v) is 3.58. The smallest absolute Gasteiger partial charge is 0.265 e. The zero-order valence-corrected chi connectivity index (χ0v) is 13.3. The van der Waals surface area contributed by atoms with Gasteiger partial charge in [0.25, 0.3) is 5.56 Å². The van der Waals surface area contributed by atoms with Gasteiger partial charge in [0.05, 0.1) is 11.8 Å². The highest BCUT2D eigenvalue weighted by molar-refractivity contribution is 9.10. The van der Waals surface area contributed by atoms with Crippen LogP contribution in [0.25, 0.3) is 11.4 Å². The Kier molecular flexibility index (Phi) is 4.60. The van der Waals surface area contributed by atoms with Gasteiger partial charge < -0.3 is 9.72 Å². The first kappa shape index (κ1) is 14.8. The number of benzene rings is 1. The van der Waals surface area contributed by atoms with Gasteiger partial charge in [-0.25, -0.2) is 4.98 Å². The Hall–Kier alpha value is -1.62. The number of aromatic nitrogens is 2. The van der Waals surface area contributed by atoms with Crippen molar-refractivity contribution >= 4 is 15.9 Å². The van der Waals surface area contributed by atoms with Crippen LogP contribution < -0.4 is 10.3 Å². The van der Waals surface area contributed by atoms with Gasteiger partial charge in [0.1, 0.15) is 16.0 Å². The molecule has 0 radical (unpaired) electrons. The maximum Gasteiger partial charge on any atom is 0.265 e. The highest BCUT2D eigenvalue weighted by Gasteiger charge is 2.09. The second-order valence-corrected chi connectivity index (χ2v) is 5.51. The van der Waals surface area contributed by atoms with E-state index in [4.69, 9.17) is 4.74 Å². The van der Waals surface area contributed by atoms with E-state index in [2.05, 4.69) is 25.9 Å². The van der Waals surface area contributed by atoms with Crippen molar-refractivity contribution in [2.75, 3.05) is 0 Å². The topological polar surface area (TPSA) is 55.0 Å². The number of aryl methyl sites for hydroxylation is 1. The summed E-state index contributed by atoms with van der Waals surface area (Å²) in [6, 6.07) is 7.54. The van der Waals surface area contributed by atoms with Crippen molar-refractivity contribution in [3.05, 3.63) is 44.8 Å². The molecule has 0 amide bonds. The minimum absolute atomic E-state index is 0.137. The maximum absolute atomic E-state index is 11.8. The lowest BCUT2D eigenvalue weighted by atomic mass is 10.2. The molecule has 1 N–H and O–H groups in total. The fourth-order valence-electron chi connectivity index (χ4n) is 1.84. The Bertz CT molecular complexity index is 648. The summed E-state index contributed by atoms with van der Waals surface area (Å²) in [7, 11) is 0. The first-order valence-electron chi connectivity index (χ1n) is 6.57. The van der Waals surface area contributed by atoms with Crippen molar-refractivity contribution in [3.63, 3.8) is 0 Å². The molecule has 1 aromatic carbocycles. The summed E-state index contributed by atoms with van der Waals surface area (Å²) in [6.07, 6.45) is 0.838. The van der Waals surface area contributed by atoms with E-state index in [9.17, 15) is 4.79 Å². The van der Waals surface area contributed by atoms with Gasteiger partial charge in [0, 0.05) is 5.56 Å². The standard InChI is InChI=1S/C15H17BrN2O2/c1-4-12-13(16)15(19)18-14(17-12)10-5-7-11(8-6-10)20-9(2)3/h5-9H,4H2,1-3H3,(H,17,18,19). The predicted octanol–water partition coefficient (Wildman–Crippen LogP) is 3.55. The van der Waals surface area contributed by atoms with E-state index in [-0.39, 0.29) is 11.7 Å². The third kappa shape index (κ3) is 3.28. The molecule has 2 rings (SSSR count). The van der Waals surface area contributed by atoms with Crippen molar-refractivity contribution < 1.29 is 4.74 Å². The van der Waals surface area contributed by atoms with Crippen LogP contribution >= 0.6 is 15.9 Å². The van der Waals surface area contributed by atoms with E-state index in [1.54, 1.807) is 0 Å². The van der Waals surface area contributed by atoms with Crippen molar-refractivity contribution in [2.24, 2.45) is 0 Å². The SMILES string of the molecule is CCc1nc(-c2ccc(OC(C)C)cc2)[nH]c(=O)c1Br. The number of nitrogens with one attached hydrogen (secondary N) is 1. The van der Waals surface area contributed by atoms with Gasteiger partial charge >= 0.3 is 0 Å². The lowest BCUT2D eigenvalue weighted by Crippen LogP contribution is -2.13. The number of aromatic amines is 1. The molecular formula is C15H17BrN2O2. The van der Waals surface area contributed by atoms with Crippen LogP contribution in [-0.2, 0) is 6.42 Å². The molecule has 0 aliphatic carbocycles. The quantitative estimate of drug-likeness (QED) is 0.928. The summed E-state index contributed by atoms with van der Waals surface area (Å²) in [5.74, 6) is 1.38. The van der Waals surface area contributed by atoms with Crippen LogP contribution in [0, 0.1) is 0 Å². The van der Waals surface area contributed by atoms with Gasteiger partial charge in [-0.1, -0.05) is 6.92 Å². The molecule has 0 saturated heterocycles. The summed E-state index contributed by atoms with van der Waals surface area (Å²) < 4.78 is 6.10. The van der Waals surface area contributed by atoms with E-state index in [0.717, 1.165) is 17.0 Å². The van der Waals surface area contributed by atoms with E-state index in [0.29, 0.717) is 16.7 Å². The summed E-state index contributed by atoms with van der Waals surface area (Å²) in [6.45, 7) is 5.93. The molecule has 2 aromatic rings. The highest BCUT2D eigenvalue weighted by Crippen LogP contribution is 2.21. The van der Waals surface area contributed by atoms with Crippen LogP contribution in [-0.4, -0.2) is 16.1 Å². The monoisotopic (exact) mass is 336 g/mol. The van der Waals surface area contributed by atoms with Crippen LogP contribution in [0.5, 0.6) is 5.75 Å². The number of hydrogen-bond donors (Lipinski definition) is 1. The Morgan fingerprint density at radius 3 is 2.50 bits per heavy atom. The number of halogens is 1. The number of nitrogens with zero attached hydrogens (tertiary/aromatic N) is 1. The molecular weight excluding hydrogens is 320 g/mol. The van der Waals surface area contributed by atoms with Gasteiger partial charge in [0.2, 0.25) is 0 Å². The Morgan fingerprint density at radius 1 is 1.30 bits per heavy atom.